The van der Waals surface area contributed by atoms with Crippen molar-refractivity contribution in [3.63, 3.8) is 0 Å². The minimum Gasteiger partial charge on any atom is -0.339 e. The maximum Gasteiger partial charge on any atom is 0.256 e. The smallest absolute Gasteiger partial charge is 0.256 e. The van der Waals surface area contributed by atoms with E-state index in [9.17, 15) is 27.2 Å². The van der Waals surface area contributed by atoms with Crippen LogP contribution in [-0.2, 0) is 4.79 Å². The van der Waals surface area contributed by atoms with Gasteiger partial charge in [-0.05, 0) is 37.1 Å². The molecular weight excluding hydrogens is 376 g/mol. The summed E-state index contributed by atoms with van der Waals surface area (Å²) >= 11 is 0. The Bertz CT molecular complexity index is 911. The third-order valence-electron chi connectivity index (χ3n) is 4.91. The summed E-state index contributed by atoms with van der Waals surface area (Å²) in [4.78, 5) is 27.7. The predicted octanol–water partition coefficient (Wildman–Crippen LogP) is 3.76. The molecule has 4 nitrogen and oxygen atoms in total. The Labute approximate surface area is 159 Å². The lowest BCUT2D eigenvalue weighted by molar-refractivity contribution is -0.123. The second-order valence-electron chi connectivity index (χ2n) is 6.69. The zero-order chi connectivity index (χ0) is 20.4. The highest BCUT2D eigenvalue weighted by molar-refractivity contribution is 5.96. The number of likely N-dealkylation sites (tertiary alicyclic amines) is 1. The summed E-state index contributed by atoms with van der Waals surface area (Å²) in [5.74, 6) is -4.97. The van der Waals surface area contributed by atoms with E-state index in [0.717, 1.165) is 24.3 Å². The van der Waals surface area contributed by atoms with E-state index >= 15 is 0 Å². The van der Waals surface area contributed by atoms with Crippen LogP contribution in [-0.4, -0.2) is 36.9 Å². The number of carbonyl (C=O) groups is 2. The van der Waals surface area contributed by atoms with Gasteiger partial charge in [-0.15, -0.1) is 0 Å². The maximum atomic E-state index is 13.8. The molecule has 0 radical (unpaired) electrons. The minimum atomic E-state index is -1.04. The van der Waals surface area contributed by atoms with Gasteiger partial charge in [0.25, 0.3) is 5.91 Å². The fourth-order valence-corrected chi connectivity index (χ4v) is 3.26. The lowest BCUT2D eigenvalue weighted by atomic mass is 9.94. The lowest BCUT2D eigenvalue weighted by Crippen LogP contribution is -2.43. The summed E-state index contributed by atoms with van der Waals surface area (Å²) in [6.07, 6.45) is 0.697. The number of benzene rings is 2. The molecule has 0 saturated carbocycles. The van der Waals surface area contributed by atoms with Crippen LogP contribution in [0, 0.1) is 29.2 Å². The number of halogens is 4. The number of hydrogen-bond donors (Lipinski definition) is 0. The molecule has 1 aliphatic heterocycles. The standard InChI is InChI=1S/C20H18F4N2O2/c1-25(14-3-5-16(22)18(24)11-14)19(27)12-6-8-26(9-7-12)20(28)15-4-2-13(21)10-17(15)23/h2-5,10-12H,6-9H2,1H3. The Kier molecular flexibility index (Phi) is 5.67. The first-order chi connectivity index (χ1) is 13.3. The summed E-state index contributed by atoms with van der Waals surface area (Å²) in [6.45, 7) is 0.468. The average Bonchev–Trinajstić information content (AvgIpc) is 2.68. The van der Waals surface area contributed by atoms with E-state index in [4.69, 9.17) is 0 Å². The van der Waals surface area contributed by atoms with Gasteiger partial charge in [0.2, 0.25) is 5.91 Å². The van der Waals surface area contributed by atoms with Crippen LogP contribution >= 0.6 is 0 Å². The van der Waals surface area contributed by atoms with Gasteiger partial charge in [0.1, 0.15) is 11.6 Å². The van der Waals surface area contributed by atoms with Gasteiger partial charge in [-0.3, -0.25) is 9.59 Å². The Balaban J connectivity index is 1.63. The molecule has 2 aromatic rings. The molecule has 3 rings (SSSR count). The van der Waals surface area contributed by atoms with Crippen LogP contribution in [0.2, 0.25) is 0 Å². The summed E-state index contributed by atoms with van der Waals surface area (Å²) in [5, 5.41) is 0. The number of hydrogen-bond acceptors (Lipinski definition) is 2. The fourth-order valence-electron chi connectivity index (χ4n) is 3.26. The molecule has 2 amide bonds. The Morgan fingerprint density at radius 3 is 2.21 bits per heavy atom. The Hall–Kier alpha value is -2.90. The number of carbonyl (C=O) groups excluding carboxylic acids is 2. The summed E-state index contributed by atoms with van der Waals surface area (Å²) < 4.78 is 53.3. The van der Waals surface area contributed by atoms with Crippen LogP contribution in [0.25, 0.3) is 0 Å². The quantitative estimate of drug-likeness (QED) is 0.744. The third kappa shape index (κ3) is 4.00. The summed E-state index contributed by atoms with van der Waals surface area (Å²) in [5.41, 5.74) is 0.0147. The van der Waals surface area contributed by atoms with Crippen LogP contribution in [0.1, 0.15) is 23.2 Å². The van der Waals surface area contributed by atoms with E-state index in [1.807, 2.05) is 0 Å². The first-order valence-corrected chi connectivity index (χ1v) is 8.75. The zero-order valence-electron chi connectivity index (χ0n) is 15.1. The highest BCUT2D eigenvalue weighted by atomic mass is 19.2. The zero-order valence-corrected chi connectivity index (χ0v) is 15.1. The van der Waals surface area contributed by atoms with Crippen LogP contribution in [0.4, 0.5) is 23.2 Å². The number of piperidine rings is 1. The maximum absolute atomic E-state index is 13.8. The number of nitrogens with zero attached hydrogens (tertiary/aromatic N) is 2. The van der Waals surface area contributed by atoms with Crippen molar-refractivity contribution in [2.24, 2.45) is 5.92 Å². The SMILES string of the molecule is CN(C(=O)C1CCN(C(=O)c2ccc(F)cc2F)CC1)c1ccc(F)c(F)c1. The second kappa shape index (κ2) is 8.00. The van der Waals surface area contributed by atoms with Crippen molar-refractivity contribution in [1.82, 2.24) is 4.90 Å². The van der Waals surface area contributed by atoms with Gasteiger partial charge in [-0.2, -0.15) is 0 Å². The topological polar surface area (TPSA) is 40.6 Å². The van der Waals surface area contributed by atoms with Crippen molar-refractivity contribution in [1.29, 1.82) is 0 Å². The number of amides is 2. The van der Waals surface area contributed by atoms with Crippen LogP contribution < -0.4 is 4.90 Å². The first kappa shape index (κ1) is 19.9. The van der Waals surface area contributed by atoms with Crippen LogP contribution in [0.15, 0.2) is 36.4 Å². The summed E-state index contributed by atoms with van der Waals surface area (Å²) in [7, 11) is 1.47. The van der Waals surface area contributed by atoms with E-state index in [0.29, 0.717) is 18.9 Å². The second-order valence-corrected chi connectivity index (χ2v) is 6.69. The van der Waals surface area contributed by atoms with Gasteiger partial charge < -0.3 is 9.80 Å². The molecule has 0 bridgehead atoms. The van der Waals surface area contributed by atoms with Gasteiger partial charge in [0.15, 0.2) is 11.6 Å². The van der Waals surface area contributed by atoms with Crippen molar-refractivity contribution < 1.29 is 27.2 Å². The molecule has 0 unspecified atom stereocenters. The number of rotatable bonds is 3. The molecule has 2 aromatic carbocycles. The molecule has 0 N–H and O–H groups in total. The van der Waals surface area contributed by atoms with Gasteiger partial charge in [-0.25, -0.2) is 17.6 Å². The van der Waals surface area contributed by atoms with Crippen LogP contribution in [0.3, 0.4) is 0 Å². The molecule has 0 spiro atoms. The Morgan fingerprint density at radius 1 is 0.929 bits per heavy atom. The highest BCUT2D eigenvalue weighted by Crippen LogP contribution is 2.25. The van der Waals surface area contributed by atoms with Crippen molar-refractivity contribution in [2.45, 2.75) is 12.8 Å². The van der Waals surface area contributed by atoms with Gasteiger partial charge in [-0.1, -0.05) is 0 Å². The van der Waals surface area contributed by atoms with Gasteiger partial charge >= 0.3 is 0 Å². The normalized spacial score (nSPS) is 14.8. The first-order valence-electron chi connectivity index (χ1n) is 8.75. The summed E-state index contributed by atoms with van der Waals surface area (Å²) in [6, 6.07) is 5.98. The molecule has 28 heavy (non-hydrogen) atoms. The molecule has 1 saturated heterocycles. The molecule has 0 aromatic heterocycles. The lowest BCUT2D eigenvalue weighted by Gasteiger charge is -2.33. The van der Waals surface area contributed by atoms with Gasteiger partial charge in [0.05, 0.1) is 5.56 Å². The van der Waals surface area contributed by atoms with Crippen molar-refractivity contribution in [3.8, 4) is 0 Å². The molecule has 1 aliphatic rings. The average molecular weight is 394 g/mol. The molecule has 0 aliphatic carbocycles. The van der Waals surface area contributed by atoms with E-state index < -0.39 is 35.1 Å². The predicted molar refractivity (Wildman–Crippen MR) is 94.8 cm³/mol. The van der Waals surface area contributed by atoms with Gasteiger partial charge in [0, 0.05) is 43.9 Å². The minimum absolute atomic E-state index is 0.218. The van der Waals surface area contributed by atoms with Crippen molar-refractivity contribution >= 4 is 17.5 Å². The van der Waals surface area contributed by atoms with E-state index in [1.165, 1.54) is 22.9 Å². The third-order valence-corrected chi connectivity index (χ3v) is 4.91. The van der Waals surface area contributed by atoms with Crippen molar-refractivity contribution in [2.75, 3.05) is 25.0 Å². The monoisotopic (exact) mass is 394 g/mol. The van der Waals surface area contributed by atoms with E-state index in [2.05, 4.69) is 0 Å². The molecular formula is C20H18F4N2O2. The van der Waals surface area contributed by atoms with Crippen LogP contribution in [0.5, 0.6) is 0 Å². The molecule has 1 fully saturated rings. The molecule has 148 valence electrons. The van der Waals surface area contributed by atoms with E-state index in [1.54, 1.807) is 0 Å². The van der Waals surface area contributed by atoms with Crippen molar-refractivity contribution in [3.05, 3.63) is 65.2 Å². The number of anilines is 1. The molecule has 0 atom stereocenters. The highest BCUT2D eigenvalue weighted by Gasteiger charge is 2.31. The molecule has 1 heterocycles. The van der Waals surface area contributed by atoms with E-state index in [-0.39, 0.29) is 30.2 Å². The largest absolute Gasteiger partial charge is 0.339 e. The Morgan fingerprint density at radius 2 is 1.61 bits per heavy atom. The molecule has 8 heteroatoms. The fraction of sp³-hybridized carbons (Fsp3) is 0.300.